The monoisotopic (exact) mass is 409 g/mol. The zero-order chi connectivity index (χ0) is 20.8. The summed E-state index contributed by atoms with van der Waals surface area (Å²) in [6.45, 7) is 5.18. The molecule has 0 saturated carbocycles. The quantitative estimate of drug-likeness (QED) is 0.491. The predicted molar refractivity (Wildman–Crippen MR) is 114 cm³/mol. The van der Waals surface area contributed by atoms with Crippen molar-refractivity contribution in [3.63, 3.8) is 0 Å². The fourth-order valence-electron chi connectivity index (χ4n) is 3.50. The van der Waals surface area contributed by atoms with Crippen molar-refractivity contribution in [2.75, 3.05) is 40.3 Å². The van der Waals surface area contributed by atoms with Crippen molar-refractivity contribution < 1.29 is 9.26 Å². The van der Waals surface area contributed by atoms with Crippen molar-refractivity contribution in [3.05, 3.63) is 60.2 Å². The molecule has 9 nitrogen and oxygen atoms in total. The molecule has 1 aromatic carbocycles. The minimum atomic E-state index is 0.620. The molecule has 0 atom stereocenters. The molecule has 2 aromatic heterocycles. The summed E-state index contributed by atoms with van der Waals surface area (Å²) in [5.74, 6) is 1.73. The molecule has 9 heteroatoms. The van der Waals surface area contributed by atoms with Crippen molar-refractivity contribution in [1.82, 2.24) is 30.1 Å². The Labute approximate surface area is 175 Å². The minimum Gasteiger partial charge on any atom is -0.497 e. The Morgan fingerprint density at radius 3 is 2.57 bits per heavy atom. The molecular weight excluding hydrogens is 382 g/mol. The van der Waals surface area contributed by atoms with Gasteiger partial charge in [0.25, 0.3) is 0 Å². The van der Waals surface area contributed by atoms with Gasteiger partial charge in [0.15, 0.2) is 5.96 Å². The van der Waals surface area contributed by atoms with Crippen LogP contribution in [0.3, 0.4) is 0 Å². The Kier molecular flexibility index (Phi) is 6.29. The van der Waals surface area contributed by atoms with Gasteiger partial charge in [-0.2, -0.15) is 5.10 Å². The molecule has 3 aromatic rings. The topological polar surface area (TPSA) is 84.0 Å². The van der Waals surface area contributed by atoms with E-state index in [9.17, 15) is 0 Å². The molecule has 0 spiro atoms. The number of aliphatic imine (C=N–C) groups is 1. The smallest absolute Gasteiger partial charge is 0.194 e. The van der Waals surface area contributed by atoms with E-state index in [1.165, 1.54) is 0 Å². The number of piperazine rings is 1. The van der Waals surface area contributed by atoms with Gasteiger partial charge in [-0.1, -0.05) is 5.16 Å². The van der Waals surface area contributed by atoms with E-state index in [-0.39, 0.29) is 0 Å². The number of rotatable bonds is 6. The highest BCUT2D eigenvalue weighted by Gasteiger charge is 2.20. The number of nitrogens with zero attached hydrogens (tertiary/aromatic N) is 6. The summed E-state index contributed by atoms with van der Waals surface area (Å²) >= 11 is 0. The molecule has 0 aliphatic carbocycles. The van der Waals surface area contributed by atoms with E-state index in [0.29, 0.717) is 6.54 Å². The number of hydrogen-bond donors (Lipinski definition) is 1. The molecule has 0 bridgehead atoms. The van der Waals surface area contributed by atoms with E-state index in [2.05, 4.69) is 30.4 Å². The molecule has 1 N–H and O–H groups in total. The lowest BCUT2D eigenvalue weighted by atomic mass is 10.3. The fourth-order valence-corrected chi connectivity index (χ4v) is 3.50. The Bertz CT molecular complexity index is 942. The molecule has 1 fully saturated rings. The summed E-state index contributed by atoms with van der Waals surface area (Å²) in [6, 6.07) is 11.8. The first-order valence-electron chi connectivity index (χ1n) is 10.0. The molecule has 1 aliphatic heterocycles. The van der Waals surface area contributed by atoms with Crippen LogP contribution in [0.25, 0.3) is 5.69 Å². The SMILES string of the molecule is CN=C(NCc1ccn(-c2ccc(OC)cc2)n1)N1CCN(Cc2ccon2)CC1. The van der Waals surface area contributed by atoms with E-state index in [4.69, 9.17) is 9.26 Å². The maximum Gasteiger partial charge on any atom is 0.194 e. The summed E-state index contributed by atoms with van der Waals surface area (Å²) in [4.78, 5) is 9.10. The lowest BCUT2D eigenvalue weighted by Crippen LogP contribution is -2.52. The van der Waals surface area contributed by atoms with Crippen LogP contribution in [0.4, 0.5) is 0 Å². The Morgan fingerprint density at radius 1 is 1.10 bits per heavy atom. The highest BCUT2D eigenvalue weighted by Crippen LogP contribution is 2.14. The number of hydrogen-bond acceptors (Lipinski definition) is 6. The second-order valence-electron chi connectivity index (χ2n) is 7.10. The largest absolute Gasteiger partial charge is 0.497 e. The molecule has 0 unspecified atom stereocenters. The van der Waals surface area contributed by atoms with E-state index in [0.717, 1.165) is 61.5 Å². The molecule has 1 saturated heterocycles. The molecule has 1 aliphatic rings. The van der Waals surface area contributed by atoms with Crippen molar-refractivity contribution in [3.8, 4) is 11.4 Å². The van der Waals surface area contributed by atoms with Crippen LogP contribution >= 0.6 is 0 Å². The lowest BCUT2D eigenvalue weighted by Gasteiger charge is -2.36. The summed E-state index contributed by atoms with van der Waals surface area (Å²) in [5, 5.41) is 12.1. The van der Waals surface area contributed by atoms with Gasteiger partial charge in [-0.15, -0.1) is 0 Å². The second-order valence-corrected chi connectivity index (χ2v) is 7.10. The average molecular weight is 409 g/mol. The predicted octanol–water partition coefficient (Wildman–Crippen LogP) is 1.76. The van der Waals surface area contributed by atoms with Gasteiger partial charge in [0.05, 0.1) is 30.7 Å². The first kappa shape index (κ1) is 20.0. The van der Waals surface area contributed by atoms with Gasteiger partial charge < -0.3 is 19.5 Å². The van der Waals surface area contributed by atoms with Crippen LogP contribution in [0.1, 0.15) is 11.4 Å². The maximum absolute atomic E-state index is 5.21. The molecule has 158 valence electrons. The molecule has 30 heavy (non-hydrogen) atoms. The van der Waals surface area contributed by atoms with Crippen molar-refractivity contribution in [2.45, 2.75) is 13.1 Å². The summed E-state index contributed by atoms with van der Waals surface area (Å²) in [6.07, 6.45) is 3.58. The number of nitrogens with one attached hydrogen (secondary N) is 1. The number of aromatic nitrogens is 3. The zero-order valence-corrected chi connectivity index (χ0v) is 17.4. The van der Waals surface area contributed by atoms with E-state index in [1.54, 1.807) is 13.4 Å². The Morgan fingerprint density at radius 2 is 1.90 bits per heavy atom. The fraction of sp³-hybridized carbons (Fsp3) is 0.381. The number of methoxy groups -OCH3 is 1. The van der Waals surface area contributed by atoms with Gasteiger partial charge in [0.2, 0.25) is 0 Å². The number of ether oxygens (including phenoxy) is 1. The maximum atomic E-state index is 5.21. The van der Waals surface area contributed by atoms with Crippen molar-refractivity contribution in [1.29, 1.82) is 0 Å². The molecule has 4 rings (SSSR count). The normalized spacial score (nSPS) is 15.4. The highest BCUT2D eigenvalue weighted by atomic mass is 16.5. The first-order valence-corrected chi connectivity index (χ1v) is 10.0. The molecular formula is C21H27N7O2. The zero-order valence-electron chi connectivity index (χ0n) is 17.4. The van der Waals surface area contributed by atoms with Crippen LogP contribution in [0.2, 0.25) is 0 Å². The van der Waals surface area contributed by atoms with E-state index >= 15 is 0 Å². The van der Waals surface area contributed by atoms with Crippen molar-refractivity contribution in [2.24, 2.45) is 4.99 Å². The minimum absolute atomic E-state index is 0.620. The van der Waals surface area contributed by atoms with Gasteiger partial charge in [-0.05, 0) is 30.3 Å². The first-order chi connectivity index (χ1) is 14.7. The molecule has 0 amide bonds. The van der Waals surface area contributed by atoms with Crippen LogP contribution in [-0.4, -0.2) is 71.0 Å². The van der Waals surface area contributed by atoms with Gasteiger partial charge >= 0.3 is 0 Å². The molecule has 3 heterocycles. The summed E-state index contributed by atoms with van der Waals surface area (Å²) in [5.41, 5.74) is 2.92. The van der Waals surface area contributed by atoms with Crippen LogP contribution in [0, 0.1) is 0 Å². The van der Waals surface area contributed by atoms with Gasteiger partial charge in [0, 0.05) is 52.0 Å². The third-order valence-electron chi connectivity index (χ3n) is 5.17. The van der Waals surface area contributed by atoms with Crippen molar-refractivity contribution >= 4 is 5.96 Å². The van der Waals surface area contributed by atoms with Gasteiger partial charge in [-0.3, -0.25) is 9.89 Å². The highest BCUT2D eigenvalue weighted by molar-refractivity contribution is 5.79. The Hall–Kier alpha value is -3.33. The van der Waals surface area contributed by atoms with Crippen LogP contribution in [0.5, 0.6) is 5.75 Å². The summed E-state index contributed by atoms with van der Waals surface area (Å²) < 4.78 is 12.0. The third kappa shape index (κ3) is 4.80. The van der Waals surface area contributed by atoms with Gasteiger partial charge in [0.1, 0.15) is 12.0 Å². The lowest BCUT2D eigenvalue weighted by molar-refractivity contribution is 0.169. The van der Waals surface area contributed by atoms with Crippen LogP contribution in [-0.2, 0) is 13.1 Å². The van der Waals surface area contributed by atoms with Gasteiger partial charge in [-0.25, -0.2) is 4.68 Å². The number of benzene rings is 1. The molecule has 0 radical (unpaired) electrons. The van der Waals surface area contributed by atoms with Crippen LogP contribution < -0.4 is 10.1 Å². The van der Waals surface area contributed by atoms with Crippen LogP contribution in [0.15, 0.2) is 58.4 Å². The Balaban J connectivity index is 1.28. The van der Waals surface area contributed by atoms with E-state index in [1.807, 2.05) is 54.3 Å². The summed E-state index contributed by atoms with van der Waals surface area (Å²) in [7, 11) is 3.48. The number of guanidine groups is 1. The standard InChI is InChI=1S/C21H27N7O2/c1-22-21(27-12-10-26(11-13-27)16-18-8-14-30-25-18)23-15-17-7-9-28(24-17)19-3-5-20(29-2)6-4-19/h3-9,14H,10-13,15-16H2,1-2H3,(H,22,23). The average Bonchev–Trinajstić information content (AvgIpc) is 3.48. The third-order valence-corrected chi connectivity index (χ3v) is 5.17. The van der Waals surface area contributed by atoms with E-state index < -0.39 is 0 Å². The second kappa shape index (κ2) is 9.45.